The number of nitrogens with zero attached hydrogens (tertiary/aromatic N) is 1. The van der Waals surface area contributed by atoms with E-state index < -0.39 is 11.9 Å². The number of benzene rings is 1. The van der Waals surface area contributed by atoms with Crippen LogP contribution >= 0.6 is 0 Å². The minimum atomic E-state index is -1.04. The van der Waals surface area contributed by atoms with Gasteiger partial charge in [-0.2, -0.15) is 0 Å². The minimum absolute atomic E-state index is 0.0636. The average molecular weight is 308 g/mol. The summed E-state index contributed by atoms with van der Waals surface area (Å²) < 4.78 is 5.40. The van der Waals surface area contributed by atoms with Gasteiger partial charge >= 0.3 is 5.97 Å². The number of carbonyl (C=O) groups excluding carboxylic acids is 2. The summed E-state index contributed by atoms with van der Waals surface area (Å²) in [6.45, 7) is 2.04. The lowest BCUT2D eigenvalue weighted by atomic mass is 10.2. The summed E-state index contributed by atoms with van der Waals surface area (Å²) in [5.41, 5.74) is 5.49. The van der Waals surface area contributed by atoms with Crippen molar-refractivity contribution in [2.45, 2.75) is 19.8 Å². The summed E-state index contributed by atoms with van der Waals surface area (Å²) in [6.07, 6.45) is 0.745. The van der Waals surface area contributed by atoms with Crippen LogP contribution in [0.5, 0.6) is 5.75 Å². The third kappa shape index (κ3) is 5.82. The first-order valence-electron chi connectivity index (χ1n) is 6.96. The molecule has 120 valence electrons. The number of carboxylic acids is 1. The molecule has 1 aromatic carbocycles. The molecule has 0 atom stereocenters. The van der Waals surface area contributed by atoms with Crippen molar-refractivity contribution in [3.05, 3.63) is 29.8 Å². The van der Waals surface area contributed by atoms with Gasteiger partial charge in [-0.15, -0.1) is 0 Å². The van der Waals surface area contributed by atoms with E-state index in [1.54, 1.807) is 18.2 Å². The van der Waals surface area contributed by atoms with Crippen molar-refractivity contribution in [3.8, 4) is 5.75 Å². The number of aliphatic carboxylic acids is 1. The second-order valence-electron chi connectivity index (χ2n) is 4.70. The van der Waals surface area contributed by atoms with Gasteiger partial charge in [0.2, 0.25) is 11.8 Å². The van der Waals surface area contributed by atoms with Crippen LogP contribution in [0.15, 0.2) is 24.3 Å². The van der Waals surface area contributed by atoms with Crippen LogP contribution in [0.4, 0.5) is 0 Å². The van der Waals surface area contributed by atoms with E-state index in [-0.39, 0.29) is 25.5 Å². The normalized spacial score (nSPS) is 10.0. The highest BCUT2D eigenvalue weighted by Gasteiger charge is 2.15. The number of carboxylic acid groups (broad SMARTS) is 1. The predicted octanol–water partition coefficient (Wildman–Crippen LogP) is 0.878. The summed E-state index contributed by atoms with van der Waals surface area (Å²) in [6, 6.07) is 6.34. The van der Waals surface area contributed by atoms with Gasteiger partial charge in [-0.25, -0.2) is 0 Å². The number of amides is 2. The molecule has 22 heavy (non-hydrogen) atoms. The molecule has 0 saturated heterocycles. The zero-order chi connectivity index (χ0) is 16.5. The SMILES string of the molecule is CCCN(CC(=O)O)C(=O)CCOc1cccc(C(N)=O)c1. The Hall–Kier alpha value is -2.57. The van der Waals surface area contributed by atoms with Crippen molar-refractivity contribution in [3.63, 3.8) is 0 Å². The molecule has 0 spiro atoms. The maximum atomic E-state index is 11.9. The molecule has 0 unspecified atom stereocenters. The van der Waals surface area contributed by atoms with Gasteiger partial charge in [0.25, 0.3) is 0 Å². The molecule has 0 radical (unpaired) electrons. The molecule has 0 bridgehead atoms. The summed E-state index contributed by atoms with van der Waals surface area (Å²) in [5.74, 6) is -1.45. The zero-order valence-corrected chi connectivity index (χ0v) is 12.4. The van der Waals surface area contributed by atoms with Crippen LogP contribution in [-0.2, 0) is 9.59 Å². The van der Waals surface area contributed by atoms with Crippen molar-refractivity contribution < 1.29 is 24.2 Å². The second kappa shape index (κ2) is 8.66. The Labute approximate surface area is 128 Å². The second-order valence-corrected chi connectivity index (χ2v) is 4.70. The molecule has 1 aromatic rings. The molecule has 7 heteroatoms. The van der Waals surface area contributed by atoms with Gasteiger partial charge in [0, 0.05) is 12.1 Å². The highest BCUT2D eigenvalue weighted by Crippen LogP contribution is 2.13. The molecular formula is C15H20N2O5. The van der Waals surface area contributed by atoms with Crippen molar-refractivity contribution in [1.29, 1.82) is 0 Å². The van der Waals surface area contributed by atoms with E-state index in [4.69, 9.17) is 15.6 Å². The highest BCUT2D eigenvalue weighted by molar-refractivity contribution is 5.93. The summed E-state index contributed by atoms with van der Waals surface area (Å²) >= 11 is 0. The predicted molar refractivity (Wildman–Crippen MR) is 79.6 cm³/mol. The lowest BCUT2D eigenvalue weighted by Gasteiger charge is -2.20. The van der Waals surface area contributed by atoms with E-state index in [0.717, 1.165) is 0 Å². The molecule has 0 aliphatic carbocycles. The summed E-state index contributed by atoms with van der Waals surface area (Å²) in [7, 11) is 0. The largest absolute Gasteiger partial charge is 0.493 e. The monoisotopic (exact) mass is 308 g/mol. The van der Waals surface area contributed by atoms with Gasteiger partial charge < -0.3 is 20.5 Å². The van der Waals surface area contributed by atoms with Gasteiger partial charge in [-0.3, -0.25) is 14.4 Å². The summed E-state index contributed by atoms with van der Waals surface area (Å²) in [5, 5.41) is 8.78. The highest BCUT2D eigenvalue weighted by atomic mass is 16.5. The van der Waals surface area contributed by atoms with Crippen LogP contribution < -0.4 is 10.5 Å². The van der Waals surface area contributed by atoms with Crippen LogP contribution in [0.2, 0.25) is 0 Å². The lowest BCUT2D eigenvalue weighted by Crippen LogP contribution is -2.36. The van der Waals surface area contributed by atoms with Crippen LogP contribution in [0.3, 0.4) is 0 Å². The number of ether oxygens (including phenoxy) is 1. The molecule has 0 aromatic heterocycles. The lowest BCUT2D eigenvalue weighted by molar-refractivity contribution is -0.144. The quantitative estimate of drug-likeness (QED) is 0.703. The Kier molecular flexibility index (Phi) is 6.88. The Morgan fingerprint density at radius 3 is 2.64 bits per heavy atom. The fourth-order valence-corrected chi connectivity index (χ4v) is 1.88. The van der Waals surface area contributed by atoms with Gasteiger partial charge in [-0.05, 0) is 24.6 Å². The fraction of sp³-hybridized carbons (Fsp3) is 0.400. The molecule has 0 aliphatic rings. The molecule has 0 aliphatic heterocycles. The van der Waals surface area contributed by atoms with Gasteiger partial charge in [0.1, 0.15) is 12.3 Å². The number of primary amides is 1. The third-order valence-corrected chi connectivity index (χ3v) is 2.88. The third-order valence-electron chi connectivity index (χ3n) is 2.88. The zero-order valence-electron chi connectivity index (χ0n) is 12.4. The van der Waals surface area contributed by atoms with Crippen LogP contribution in [0.25, 0.3) is 0 Å². The van der Waals surface area contributed by atoms with E-state index in [1.165, 1.54) is 11.0 Å². The van der Waals surface area contributed by atoms with Crippen molar-refractivity contribution >= 4 is 17.8 Å². The molecule has 0 heterocycles. The van der Waals surface area contributed by atoms with E-state index in [9.17, 15) is 14.4 Å². The standard InChI is InChI=1S/C15H20N2O5/c1-2-7-17(10-14(19)20)13(18)6-8-22-12-5-3-4-11(9-12)15(16)21/h3-5,9H,2,6-8,10H2,1H3,(H2,16,21)(H,19,20). The molecule has 0 saturated carbocycles. The van der Waals surface area contributed by atoms with Crippen molar-refractivity contribution in [1.82, 2.24) is 4.90 Å². The molecule has 0 fully saturated rings. The maximum absolute atomic E-state index is 11.9. The number of hydrogen-bond acceptors (Lipinski definition) is 4. The number of rotatable bonds is 9. The van der Waals surface area contributed by atoms with Crippen LogP contribution in [0.1, 0.15) is 30.1 Å². The number of hydrogen-bond donors (Lipinski definition) is 2. The smallest absolute Gasteiger partial charge is 0.323 e. The average Bonchev–Trinajstić information content (AvgIpc) is 2.46. The number of nitrogens with two attached hydrogens (primary N) is 1. The van der Waals surface area contributed by atoms with E-state index in [1.807, 2.05) is 6.92 Å². The Morgan fingerprint density at radius 2 is 2.05 bits per heavy atom. The van der Waals surface area contributed by atoms with Crippen molar-refractivity contribution in [2.24, 2.45) is 5.73 Å². The molecule has 3 N–H and O–H groups in total. The van der Waals surface area contributed by atoms with E-state index >= 15 is 0 Å². The Bertz CT molecular complexity index is 544. The van der Waals surface area contributed by atoms with Crippen molar-refractivity contribution in [2.75, 3.05) is 19.7 Å². The molecule has 2 amide bonds. The Morgan fingerprint density at radius 1 is 1.32 bits per heavy atom. The molecule has 1 rings (SSSR count). The fourth-order valence-electron chi connectivity index (χ4n) is 1.88. The topological polar surface area (TPSA) is 110 Å². The van der Waals surface area contributed by atoms with Gasteiger partial charge in [-0.1, -0.05) is 13.0 Å². The first kappa shape index (κ1) is 17.5. The van der Waals surface area contributed by atoms with Crippen LogP contribution in [0, 0.1) is 0 Å². The van der Waals surface area contributed by atoms with Gasteiger partial charge in [0.15, 0.2) is 0 Å². The summed E-state index contributed by atoms with van der Waals surface area (Å²) in [4.78, 5) is 35.0. The number of carbonyl (C=O) groups is 3. The van der Waals surface area contributed by atoms with Gasteiger partial charge in [0.05, 0.1) is 13.0 Å². The first-order chi connectivity index (χ1) is 10.4. The first-order valence-corrected chi connectivity index (χ1v) is 6.96. The molecule has 7 nitrogen and oxygen atoms in total. The maximum Gasteiger partial charge on any atom is 0.323 e. The van der Waals surface area contributed by atoms with E-state index in [2.05, 4.69) is 0 Å². The van der Waals surface area contributed by atoms with Crippen LogP contribution in [-0.4, -0.2) is 47.5 Å². The minimum Gasteiger partial charge on any atom is -0.493 e. The van der Waals surface area contributed by atoms with E-state index in [0.29, 0.717) is 24.3 Å². The molecular weight excluding hydrogens is 288 g/mol. The Balaban J connectivity index is 2.51.